The van der Waals surface area contributed by atoms with Gasteiger partial charge in [-0.1, -0.05) is 51.4 Å². The molecule has 1 aromatic rings. The maximum Gasteiger partial charge on any atom is 0.0441 e. The van der Waals surface area contributed by atoms with Crippen LogP contribution in [0.2, 0.25) is 5.02 Å². The highest BCUT2D eigenvalue weighted by Gasteiger charge is 2.04. The minimum atomic E-state index is 0.508. The summed E-state index contributed by atoms with van der Waals surface area (Å²) in [6, 6.07) is 6.90. The second-order valence-corrected chi connectivity index (χ2v) is 5.47. The van der Waals surface area contributed by atoms with E-state index in [9.17, 15) is 0 Å². The van der Waals surface area contributed by atoms with Gasteiger partial charge in [-0.15, -0.1) is 0 Å². The van der Waals surface area contributed by atoms with Crippen molar-refractivity contribution in [3.8, 4) is 0 Å². The van der Waals surface area contributed by atoms with Crippen LogP contribution in [-0.2, 0) is 13.0 Å². The molecular formula is C14H22ClN. The lowest BCUT2D eigenvalue weighted by Crippen LogP contribution is -2.21. The van der Waals surface area contributed by atoms with Gasteiger partial charge >= 0.3 is 0 Å². The smallest absolute Gasteiger partial charge is 0.0441 e. The van der Waals surface area contributed by atoms with Crippen molar-refractivity contribution in [2.24, 2.45) is 5.92 Å². The van der Waals surface area contributed by atoms with E-state index in [-0.39, 0.29) is 0 Å². The lowest BCUT2D eigenvalue weighted by molar-refractivity contribution is 0.588. The fraction of sp³-hybridized carbons (Fsp3) is 0.571. The molecule has 0 bridgehead atoms. The zero-order valence-electron chi connectivity index (χ0n) is 10.7. The van der Waals surface area contributed by atoms with Crippen LogP contribution in [0.1, 0.15) is 38.8 Å². The lowest BCUT2D eigenvalue weighted by Gasteiger charge is -2.11. The first kappa shape index (κ1) is 13.5. The fourth-order valence-corrected chi connectivity index (χ4v) is 1.91. The van der Waals surface area contributed by atoms with E-state index < -0.39 is 0 Å². The van der Waals surface area contributed by atoms with E-state index >= 15 is 0 Å². The maximum absolute atomic E-state index is 6.26. The minimum Gasteiger partial charge on any atom is -0.310 e. The predicted molar refractivity (Wildman–Crippen MR) is 72.0 cm³/mol. The highest BCUT2D eigenvalue weighted by molar-refractivity contribution is 6.31. The number of hydrogen-bond acceptors (Lipinski definition) is 1. The molecule has 0 radical (unpaired) electrons. The molecule has 16 heavy (non-hydrogen) atoms. The van der Waals surface area contributed by atoms with Gasteiger partial charge < -0.3 is 5.32 Å². The maximum atomic E-state index is 6.26. The van der Waals surface area contributed by atoms with Crippen molar-refractivity contribution in [2.75, 3.05) is 0 Å². The van der Waals surface area contributed by atoms with Gasteiger partial charge in [0.1, 0.15) is 0 Å². The Labute approximate surface area is 104 Å². The predicted octanol–water partition coefficient (Wildman–Crippen LogP) is 4.04. The van der Waals surface area contributed by atoms with E-state index in [0.717, 1.165) is 18.0 Å². The van der Waals surface area contributed by atoms with Crippen LogP contribution in [-0.4, -0.2) is 6.04 Å². The molecule has 0 heterocycles. The van der Waals surface area contributed by atoms with Gasteiger partial charge in [0.15, 0.2) is 0 Å². The Morgan fingerprint density at radius 1 is 1.19 bits per heavy atom. The largest absolute Gasteiger partial charge is 0.310 e. The second-order valence-electron chi connectivity index (χ2n) is 5.06. The molecule has 2 heteroatoms. The molecule has 1 N–H and O–H groups in total. The molecule has 1 rings (SSSR count). The van der Waals surface area contributed by atoms with Gasteiger partial charge in [0, 0.05) is 17.6 Å². The van der Waals surface area contributed by atoms with Crippen LogP contribution in [0.15, 0.2) is 18.2 Å². The molecule has 1 aromatic carbocycles. The van der Waals surface area contributed by atoms with Crippen molar-refractivity contribution in [3.05, 3.63) is 34.3 Å². The van der Waals surface area contributed by atoms with Gasteiger partial charge in [-0.25, -0.2) is 0 Å². The summed E-state index contributed by atoms with van der Waals surface area (Å²) in [5.74, 6) is 0.650. The van der Waals surface area contributed by atoms with E-state index in [2.05, 4.69) is 51.2 Å². The van der Waals surface area contributed by atoms with Gasteiger partial charge in [0.05, 0.1) is 0 Å². The van der Waals surface area contributed by atoms with Crippen LogP contribution in [0, 0.1) is 5.92 Å². The van der Waals surface area contributed by atoms with E-state index in [4.69, 9.17) is 11.6 Å². The Kier molecular flexibility index (Phi) is 5.30. The van der Waals surface area contributed by atoms with Gasteiger partial charge in [-0.3, -0.25) is 0 Å². The normalized spacial score (nSPS) is 11.4. The molecule has 0 spiro atoms. The molecular weight excluding hydrogens is 218 g/mol. The quantitative estimate of drug-likeness (QED) is 0.818. The summed E-state index contributed by atoms with van der Waals surface area (Å²) in [4.78, 5) is 0. The molecule has 90 valence electrons. The SMILES string of the molecule is CC(C)Cc1ccc(CNC(C)C)cc1Cl. The third-order valence-corrected chi connectivity index (χ3v) is 2.81. The number of benzene rings is 1. The molecule has 0 saturated heterocycles. The molecule has 0 aliphatic carbocycles. The summed E-state index contributed by atoms with van der Waals surface area (Å²) in [6.45, 7) is 9.61. The molecule has 0 fully saturated rings. The monoisotopic (exact) mass is 239 g/mol. The van der Waals surface area contributed by atoms with Crippen LogP contribution in [0.3, 0.4) is 0 Å². The lowest BCUT2D eigenvalue weighted by atomic mass is 10.0. The molecule has 0 aliphatic heterocycles. The van der Waals surface area contributed by atoms with E-state index in [1.807, 2.05) is 0 Å². The molecule has 1 nitrogen and oxygen atoms in total. The van der Waals surface area contributed by atoms with Crippen molar-refractivity contribution >= 4 is 11.6 Å². The standard InChI is InChI=1S/C14H22ClN/c1-10(2)7-13-6-5-12(8-14(13)15)9-16-11(3)4/h5-6,8,10-11,16H,7,9H2,1-4H3. The zero-order valence-corrected chi connectivity index (χ0v) is 11.4. The van der Waals surface area contributed by atoms with Gasteiger partial charge in [-0.2, -0.15) is 0 Å². The van der Waals surface area contributed by atoms with Crippen LogP contribution in [0.25, 0.3) is 0 Å². The third kappa shape index (κ3) is 4.54. The average molecular weight is 240 g/mol. The zero-order chi connectivity index (χ0) is 12.1. The molecule has 0 amide bonds. The van der Waals surface area contributed by atoms with Crippen molar-refractivity contribution in [2.45, 2.75) is 46.7 Å². The fourth-order valence-electron chi connectivity index (χ4n) is 1.63. The minimum absolute atomic E-state index is 0.508. The number of halogens is 1. The molecule has 0 saturated carbocycles. The molecule has 0 unspecified atom stereocenters. The Hall–Kier alpha value is -0.530. The number of hydrogen-bond donors (Lipinski definition) is 1. The molecule has 0 aliphatic rings. The molecule has 0 aromatic heterocycles. The summed E-state index contributed by atoms with van der Waals surface area (Å²) in [7, 11) is 0. The Morgan fingerprint density at radius 3 is 2.38 bits per heavy atom. The summed E-state index contributed by atoms with van der Waals surface area (Å²) in [6.07, 6.45) is 1.05. The van der Waals surface area contributed by atoms with E-state index in [1.54, 1.807) is 0 Å². The van der Waals surface area contributed by atoms with Crippen molar-refractivity contribution in [1.29, 1.82) is 0 Å². The van der Waals surface area contributed by atoms with E-state index in [0.29, 0.717) is 12.0 Å². The summed E-state index contributed by atoms with van der Waals surface area (Å²) >= 11 is 6.26. The highest BCUT2D eigenvalue weighted by atomic mass is 35.5. The summed E-state index contributed by atoms with van der Waals surface area (Å²) in [5, 5.41) is 4.29. The van der Waals surface area contributed by atoms with Crippen molar-refractivity contribution < 1.29 is 0 Å². The Balaban J connectivity index is 2.67. The number of nitrogens with one attached hydrogen (secondary N) is 1. The topological polar surface area (TPSA) is 12.0 Å². The van der Waals surface area contributed by atoms with Gasteiger partial charge in [0.25, 0.3) is 0 Å². The van der Waals surface area contributed by atoms with Crippen LogP contribution >= 0.6 is 11.6 Å². The van der Waals surface area contributed by atoms with Crippen molar-refractivity contribution in [1.82, 2.24) is 5.32 Å². The summed E-state index contributed by atoms with van der Waals surface area (Å²) in [5.41, 5.74) is 2.51. The second kappa shape index (κ2) is 6.27. The van der Waals surface area contributed by atoms with Gasteiger partial charge in [0.2, 0.25) is 0 Å². The first-order chi connectivity index (χ1) is 7.49. The average Bonchev–Trinajstić information content (AvgIpc) is 2.18. The van der Waals surface area contributed by atoms with Crippen LogP contribution < -0.4 is 5.32 Å². The Bertz CT molecular complexity index is 332. The highest BCUT2D eigenvalue weighted by Crippen LogP contribution is 2.20. The number of rotatable bonds is 5. The molecule has 0 atom stereocenters. The first-order valence-electron chi connectivity index (χ1n) is 5.99. The van der Waals surface area contributed by atoms with Crippen LogP contribution in [0.4, 0.5) is 0 Å². The van der Waals surface area contributed by atoms with Gasteiger partial charge in [-0.05, 0) is 29.5 Å². The van der Waals surface area contributed by atoms with E-state index in [1.165, 1.54) is 11.1 Å². The van der Waals surface area contributed by atoms with Crippen molar-refractivity contribution in [3.63, 3.8) is 0 Å². The van der Waals surface area contributed by atoms with Crippen LogP contribution in [0.5, 0.6) is 0 Å². The third-order valence-electron chi connectivity index (χ3n) is 2.46. The Morgan fingerprint density at radius 2 is 1.88 bits per heavy atom. The summed E-state index contributed by atoms with van der Waals surface area (Å²) < 4.78 is 0. The first-order valence-corrected chi connectivity index (χ1v) is 6.37.